The highest BCUT2D eigenvalue weighted by Crippen LogP contribution is 2.25. The van der Waals surface area contributed by atoms with Crippen LogP contribution in [-0.4, -0.2) is 38.5 Å². The number of hydrogen-bond acceptors (Lipinski definition) is 4. The summed E-state index contributed by atoms with van der Waals surface area (Å²) in [5.74, 6) is -1.18. The highest BCUT2D eigenvalue weighted by Gasteiger charge is 2.33. The van der Waals surface area contributed by atoms with E-state index in [1.165, 1.54) is 16.7 Å². The highest BCUT2D eigenvalue weighted by atomic mass is 32.2. The van der Waals surface area contributed by atoms with Crippen molar-refractivity contribution >= 4 is 40.2 Å². The number of carbonyl (C=O) groups excluding carboxylic acids is 1. The standard InChI is InChI=1S/C9H11NO3S2/c1-2-3-10-8(13)6(4-7(11)12)5-15-9(10)14/h2,6H,1,3-5H2,(H,11,12). The first kappa shape index (κ1) is 12.2. The molecule has 0 radical (unpaired) electrons. The van der Waals surface area contributed by atoms with Gasteiger partial charge in [-0.05, 0) is 0 Å². The molecular formula is C9H11NO3S2. The fraction of sp³-hybridized carbons (Fsp3) is 0.444. The summed E-state index contributed by atoms with van der Waals surface area (Å²) in [6, 6.07) is 0. The predicted molar refractivity (Wildman–Crippen MR) is 62.7 cm³/mol. The van der Waals surface area contributed by atoms with E-state index in [0.29, 0.717) is 16.6 Å². The van der Waals surface area contributed by atoms with Crippen molar-refractivity contribution in [1.82, 2.24) is 4.90 Å². The van der Waals surface area contributed by atoms with E-state index >= 15 is 0 Å². The van der Waals surface area contributed by atoms with Crippen molar-refractivity contribution < 1.29 is 14.7 Å². The number of carboxylic acid groups (broad SMARTS) is 1. The first-order valence-corrected chi connectivity index (χ1v) is 5.76. The Hall–Kier alpha value is -0.880. The van der Waals surface area contributed by atoms with E-state index in [0.717, 1.165) is 0 Å². The summed E-state index contributed by atoms with van der Waals surface area (Å²) < 4.78 is 0.501. The SMILES string of the molecule is C=CCN1C(=O)C(CC(=O)O)CSC1=S. The fourth-order valence-electron chi connectivity index (χ4n) is 1.28. The Balaban J connectivity index is 2.71. The molecular weight excluding hydrogens is 234 g/mol. The van der Waals surface area contributed by atoms with Crippen LogP contribution in [0.2, 0.25) is 0 Å². The zero-order valence-electron chi connectivity index (χ0n) is 8.01. The monoisotopic (exact) mass is 245 g/mol. The maximum absolute atomic E-state index is 11.8. The molecule has 0 bridgehead atoms. The number of amides is 1. The third kappa shape index (κ3) is 3.04. The van der Waals surface area contributed by atoms with E-state index in [2.05, 4.69) is 6.58 Å². The molecule has 1 heterocycles. The van der Waals surface area contributed by atoms with Gasteiger partial charge >= 0.3 is 5.97 Å². The van der Waals surface area contributed by atoms with Crippen molar-refractivity contribution in [2.45, 2.75) is 6.42 Å². The van der Waals surface area contributed by atoms with Crippen LogP contribution in [0.1, 0.15) is 6.42 Å². The Bertz CT molecular complexity index is 316. The molecule has 1 amide bonds. The number of aliphatic carboxylic acids is 1. The summed E-state index contributed by atoms with van der Waals surface area (Å²) >= 11 is 6.35. The molecule has 15 heavy (non-hydrogen) atoms. The molecule has 0 aromatic heterocycles. The zero-order chi connectivity index (χ0) is 11.4. The number of hydrogen-bond donors (Lipinski definition) is 1. The summed E-state index contributed by atoms with van der Waals surface area (Å²) in [6.07, 6.45) is 1.44. The van der Waals surface area contributed by atoms with Crippen LogP contribution in [0.3, 0.4) is 0 Å². The summed E-state index contributed by atoms with van der Waals surface area (Å²) in [5, 5.41) is 8.63. The van der Waals surface area contributed by atoms with Crippen molar-refractivity contribution in [3.05, 3.63) is 12.7 Å². The third-order valence-electron chi connectivity index (χ3n) is 1.98. The number of carboxylic acids is 1. The Morgan fingerprint density at radius 2 is 2.47 bits per heavy atom. The first-order chi connectivity index (χ1) is 7.06. The van der Waals surface area contributed by atoms with Gasteiger partial charge in [-0.1, -0.05) is 30.1 Å². The van der Waals surface area contributed by atoms with Gasteiger partial charge in [0.05, 0.1) is 12.3 Å². The molecule has 1 N–H and O–H groups in total. The van der Waals surface area contributed by atoms with E-state index in [4.69, 9.17) is 17.3 Å². The van der Waals surface area contributed by atoms with Gasteiger partial charge in [0.2, 0.25) is 5.91 Å². The van der Waals surface area contributed by atoms with Crippen molar-refractivity contribution in [3.63, 3.8) is 0 Å². The maximum Gasteiger partial charge on any atom is 0.304 e. The normalized spacial score (nSPS) is 21.6. The predicted octanol–water partition coefficient (Wildman–Crippen LogP) is 1.12. The van der Waals surface area contributed by atoms with Crippen LogP contribution < -0.4 is 0 Å². The largest absolute Gasteiger partial charge is 0.481 e. The average molecular weight is 245 g/mol. The van der Waals surface area contributed by atoms with Crippen LogP contribution in [0.25, 0.3) is 0 Å². The minimum Gasteiger partial charge on any atom is -0.481 e. The molecule has 0 saturated carbocycles. The van der Waals surface area contributed by atoms with Gasteiger partial charge in [0, 0.05) is 12.3 Å². The molecule has 1 rings (SSSR count). The Labute approximate surface area is 97.3 Å². The van der Waals surface area contributed by atoms with Gasteiger partial charge in [0.25, 0.3) is 0 Å². The van der Waals surface area contributed by atoms with Crippen LogP contribution in [0.15, 0.2) is 12.7 Å². The van der Waals surface area contributed by atoms with Gasteiger partial charge in [-0.15, -0.1) is 6.58 Å². The van der Waals surface area contributed by atoms with Gasteiger partial charge in [-0.2, -0.15) is 0 Å². The molecule has 0 aliphatic carbocycles. The second-order valence-electron chi connectivity index (χ2n) is 3.11. The molecule has 1 fully saturated rings. The smallest absolute Gasteiger partial charge is 0.304 e. The van der Waals surface area contributed by atoms with Crippen LogP contribution in [0.5, 0.6) is 0 Å². The molecule has 6 heteroatoms. The second-order valence-corrected chi connectivity index (χ2v) is 4.76. The molecule has 1 aliphatic heterocycles. The lowest BCUT2D eigenvalue weighted by Gasteiger charge is -2.30. The van der Waals surface area contributed by atoms with E-state index in [-0.39, 0.29) is 12.3 Å². The van der Waals surface area contributed by atoms with Crippen molar-refractivity contribution in [2.75, 3.05) is 12.3 Å². The number of carbonyl (C=O) groups is 2. The fourth-order valence-corrected chi connectivity index (χ4v) is 2.58. The molecule has 0 aromatic rings. The lowest BCUT2D eigenvalue weighted by molar-refractivity contribution is -0.142. The highest BCUT2D eigenvalue weighted by molar-refractivity contribution is 8.23. The van der Waals surface area contributed by atoms with Crippen LogP contribution in [-0.2, 0) is 9.59 Å². The van der Waals surface area contributed by atoms with Crippen LogP contribution >= 0.6 is 24.0 Å². The second kappa shape index (κ2) is 5.27. The van der Waals surface area contributed by atoms with Gasteiger partial charge in [0.15, 0.2) is 0 Å². The van der Waals surface area contributed by atoms with Crippen LogP contribution in [0, 0.1) is 5.92 Å². The minimum absolute atomic E-state index is 0.137. The Morgan fingerprint density at radius 3 is 3.00 bits per heavy atom. The first-order valence-electron chi connectivity index (χ1n) is 4.37. The van der Waals surface area contributed by atoms with Crippen molar-refractivity contribution in [3.8, 4) is 0 Å². The minimum atomic E-state index is -0.958. The van der Waals surface area contributed by atoms with E-state index < -0.39 is 11.9 Å². The Kier molecular flexibility index (Phi) is 4.28. The van der Waals surface area contributed by atoms with E-state index in [1.807, 2.05) is 0 Å². The quantitative estimate of drug-likeness (QED) is 0.594. The number of nitrogens with zero attached hydrogens (tertiary/aromatic N) is 1. The molecule has 1 atom stereocenters. The summed E-state index contributed by atoms with van der Waals surface area (Å²) in [4.78, 5) is 23.7. The topological polar surface area (TPSA) is 57.6 Å². The van der Waals surface area contributed by atoms with E-state index in [1.54, 1.807) is 6.08 Å². The average Bonchev–Trinajstić information content (AvgIpc) is 2.16. The molecule has 0 spiro atoms. The molecule has 1 aliphatic rings. The van der Waals surface area contributed by atoms with Crippen molar-refractivity contribution in [2.24, 2.45) is 5.92 Å². The van der Waals surface area contributed by atoms with E-state index in [9.17, 15) is 9.59 Å². The lowest BCUT2D eigenvalue weighted by atomic mass is 10.1. The summed E-state index contributed by atoms with van der Waals surface area (Å²) in [6.45, 7) is 3.88. The molecule has 1 saturated heterocycles. The number of thiocarbonyl (C=S) groups is 1. The zero-order valence-corrected chi connectivity index (χ0v) is 9.64. The van der Waals surface area contributed by atoms with Crippen LogP contribution in [0.4, 0.5) is 0 Å². The molecule has 0 aromatic carbocycles. The molecule has 82 valence electrons. The van der Waals surface area contributed by atoms with Crippen molar-refractivity contribution in [1.29, 1.82) is 0 Å². The van der Waals surface area contributed by atoms with Gasteiger partial charge < -0.3 is 5.11 Å². The summed E-state index contributed by atoms with van der Waals surface area (Å²) in [5.41, 5.74) is 0. The number of rotatable bonds is 4. The number of thioether (sulfide) groups is 1. The van der Waals surface area contributed by atoms with Gasteiger partial charge in [-0.3, -0.25) is 14.5 Å². The molecule has 4 nitrogen and oxygen atoms in total. The third-order valence-corrected chi connectivity index (χ3v) is 3.59. The summed E-state index contributed by atoms with van der Waals surface area (Å²) in [7, 11) is 0. The van der Waals surface area contributed by atoms with Gasteiger partial charge in [0.1, 0.15) is 4.32 Å². The Morgan fingerprint density at radius 1 is 1.80 bits per heavy atom. The van der Waals surface area contributed by atoms with Gasteiger partial charge in [-0.25, -0.2) is 0 Å². The molecule has 1 unspecified atom stereocenters. The maximum atomic E-state index is 11.8. The lowest BCUT2D eigenvalue weighted by Crippen LogP contribution is -2.44.